The van der Waals surface area contributed by atoms with Crippen molar-refractivity contribution < 1.29 is 18.7 Å². The first kappa shape index (κ1) is 17.2. The van der Waals surface area contributed by atoms with Crippen LogP contribution in [0.1, 0.15) is 37.0 Å². The highest BCUT2D eigenvalue weighted by Gasteiger charge is 2.26. The molecule has 1 aliphatic rings. The second-order valence-corrected chi connectivity index (χ2v) is 6.18. The number of alkyl carbamates (subject to hydrolysis) is 1. The molecular weight excluding hydrogens is 299 g/mol. The Balaban J connectivity index is 1.81. The number of hydrogen-bond donors (Lipinski definition) is 1. The molecule has 0 atom stereocenters. The van der Waals surface area contributed by atoms with Crippen LogP contribution in [0.4, 0.5) is 9.18 Å². The third kappa shape index (κ3) is 4.94. The second kappa shape index (κ2) is 7.94. The van der Waals surface area contributed by atoms with Gasteiger partial charge in [0.25, 0.3) is 5.91 Å². The van der Waals surface area contributed by atoms with Crippen molar-refractivity contribution in [3.05, 3.63) is 35.6 Å². The van der Waals surface area contributed by atoms with E-state index in [1.165, 1.54) is 12.1 Å². The summed E-state index contributed by atoms with van der Waals surface area (Å²) in [5.41, 5.74) is 0.0928. The van der Waals surface area contributed by atoms with Crippen molar-refractivity contribution >= 4 is 12.0 Å². The molecule has 1 aromatic carbocycles. The van der Waals surface area contributed by atoms with E-state index >= 15 is 0 Å². The molecule has 2 amide bonds. The van der Waals surface area contributed by atoms with Crippen molar-refractivity contribution in [2.24, 2.45) is 5.92 Å². The number of rotatable bonds is 4. The van der Waals surface area contributed by atoms with E-state index in [9.17, 15) is 14.0 Å². The minimum absolute atomic E-state index is 0.0145. The number of benzene rings is 1. The fourth-order valence-electron chi connectivity index (χ4n) is 2.48. The van der Waals surface area contributed by atoms with Gasteiger partial charge < -0.3 is 15.0 Å². The monoisotopic (exact) mass is 322 g/mol. The van der Waals surface area contributed by atoms with Crippen LogP contribution < -0.4 is 5.32 Å². The summed E-state index contributed by atoms with van der Waals surface area (Å²) >= 11 is 0. The van der Waals surface area contributed by atoms with Crippen molar-refractivity contribution in [1.82, 2.24) is 10.2 Å². The van der Waals surface area contributed by atoms with Gasteiger partial charge in [-0.2, -0.15) is 0 Å². The Morgan fingerprint density at radius 3 is 2.57 bits per heavy atom. The summed E-state index contributed by atoms with van der Waals surface area (Å²) in [4.78, 5) is 25.6. The highest BCUT2D eigenvalue weighted by atomic mass is 19.1. The van der Waals surface area contributed by atoms with E-state index < -0.39 is 11.9 Å². The Bertz CT molecular complexity index is 555. The number of likely N-dealkylation sites (tertiary alicyclic amines) is 1. The standard InChI is InChI=1S/C17H23FN2O3/c1-12(2)11-23-17(22)19-13-7-9-20(10-8-13)16(21)14-5-3-4-6-15(14)18/h3-6,12-13H,7-11H2,1-2H3,(H,19,22). The first-order valence-corrected chi connectivity index (χ1v) is 7.94. The molecule has 0 bridgehead atoms. The first-order valence-electron chi connectivity index (χ1n) is 7.94. The van der Waals surface area contributed by atoms with E-state index in [-0.39, 0.29) is 17.5 Å². The number of amides is 2. The van der Waals surface area contributed by atoms with E-state index in [1.807, 2.05) is 13.8 Å². The molecule has 0 saturated carbocycles. The number of halogens is 1. The molecule has 1 saturated heterocycles. The highest BCUT2D eigenvalue weighted by Crippen LogP contribution is 2.16. The van der Waals surface area contributed by atoms with Crippen LogP contribution in [0, 0.1) is 11.7 Å². The fraction of sp³-hybridized carbons (Fsp3) is 0.529. The predicted octanol–water partition coefficient (Wildman–Crippen LogP) is 2.81. The first-order chi connectivity index (χ1) is 11.0. The molecule has 0 unspecified atom stereocenters. The Kier molecular flexibility index (Phi) is 5.96. The number of ether oxygens (including phenoxy) is 1. The number of nitrogens with zero attached hydrogens (tertiary/aromatic N) is 1. The van der Waals surface area contributed by atoms with Gasteiger partial charge in [0.15, 0.2) is 0 Å². The summed E-state index contributed by atoms with van der Waals surface area (Å²) < 4.78 is 18.8. The van der Waals surface area contributed by atoms with Crippen molar-refractivity contribution in [2.75, 3.05) is 19.7 Å². The van der Waals surface area contributed by atoms with Crippen LogP contribution in [0.25, 0.3) is 0 Å². The van der Waals surface area contributed by atoms with Crippen molar-refractivity contribution in [1.29, 1.82) is 0 Å². The number of piperidine rings is 1. The summed E-state index contributed by atoms with van der Waals surface area (Å²) in [6.45, 7) is 5.31. The van der Waals surface area contributed by atoms with Crippen LogP contribution >= 0.6 is 0 Å². The molecule has 23 heavy (non-hydrogen) atoms. The zero-order valence-electron chi connectivity index (χ0n) is 13.5. The SMILES string of the molecule is CC(C)COC(=O)NC1CCN(C(=O)c2ccccc2F)CC1. The Morgan fingerprint density at radius 2 is 1.96 bits per heavy atom. The van der Waals surface area contributed by atoms with E-state index in [0.29, 0.717) is 38.5 Å². The lowest BCUT2D eigenvalue weighted by Gasteiger charge is -2.32. The molecule has 1 heterocycles. The maximum absolute atomic E-state index is 13.7. The zero-order chi connectivity index (χ0) is 16.8. The molecule has 1 N–H and O–H groups in total. The third-order valence-corrected chi connectivity index (χ3v) is 3.76. The predicted molar refractivity (Wildman–Crippen MR) is 84.6 cm³/mol. The number of hydrogen-bond acceptors (Lipinski definition) is 3. The molecule has 0 spiro atoms. The molecule has 2 rings (SSSR count). The molecule has 1 fully saturated rings. The van der Waals surface area contributed by atoms with Crippen LogP contribution in [-0.2, 0) is 4.74 Å². The lowest BCUT2D eigenvalue weighted by molar-refractivity contribution is 0.0695. The molecule has 0 radical (unpaired) electrons. The summed E-state index contributed by atoms with van der Waals surface area (Å²) in [5, 5.41) is 2.81. The van der Waals surface area contributed by atoms with Gasteiger partial charge in [-0.25, -0.2) is 9.18 Å². The molecule has 6 heteroatoms. The lowest BCUT2D eigenvalue weighted by atomic mass is 10.0. The van der Waals surface area contributed by atoms with Gasteiger partial charge in [0.2, 0.25) is 0 Å². The Labute approximate surface area is 135 Å². The maximum atomic E-state index is 13.7. The summed E-state index contributed by atoms with van der Waals surface area (Å²) in [5.74, 6) is -0.514. The molecule has 1 aliphatic heterocycles. The largest absolute Gasteiger partial charge is 0.449 e. The smallest absolute Gasteiger partial charge is 0.407 e. The maximum Gasteiger partial charge on any atom is 0.407 e. The summed E-state index contributed by atoms with van der Waals surface area (Å²) in [6, 6.07) is 5.97. The van der Waals surface area contributed by atoms with Crippen molar-refractivity contribution in [3.8, 4) is 0 Å². The molecular formula is C17H23FN2O3. The molecule has 1 aromatic rings. The quantitative estimate of drug-likeness (QED) is 0.927. The summed E-state index contributed by atoms with van der Waals surface area (Å²) in [7, 11) is 0. The minimum atomic E-state index is -0.505. The minimum Gasteiger partial charge on any atom is -0.449 e. The van der Waals surface area contributed by atoms with Gasteiger partial charge in [-0.05, 0) is 30.9 Å². The van der Waals surface area contributed by atoms with Crippen LogP contribution in [0.5, 0.6) is 0 Å². The van der Waals surface area contributed by atoms with Crippen LogP contribution in [-0.4, -0.2) is 42.6 Å². The third-order valence-electron chi connectivity index (χ3n) is 3.76. The van der Waals surface area contributed by atoms with Crippen LogP contribution in [0.15, 0.2) is 24.3 Å². The van der Waals surface area contributed by atoms with Crippen molar-refractivity contribution in [2.45, 2.75) is 32.7 Å². The van der Waals surface area contributed by atoms with E-state index in [1.54, 1.807) is 17.0 Å². The topological polar surface area (TPSA) is 58.6 Å². The molecule has 5 nitrogen and oxygen atoms in total. The number of carbonyl (C=O) groups is 2. The normalized spacial score (nSPS) is 15.6. The molecule has 126 valence electrons. The Hall–Kier alpha value is -2.11. The van der Waals surface area contributed by atoms with Gasteiger partial charge in [-0.15, -0.1) is 0 Å². The number of carbonyl (C=O) groups excluding carboxylic acids is 2. The fourth-order valence-corrected chi connectivity index (χ4v) is 2.48. The van der Waals surface area contributed by atoms with Crippen molar-refractivity contribution in [3.63, 3.8) is 0 Å². The Morgan fingerprint density at radius 1 is 1.30 bits per heavy atom. The average Bonchev–Trinajstić information content (AvgIpc) is 2.53. The summed E-state index contributed by atoms with van der Waals surface area (Å²) in [6.07, 6.45) is 0.853. The van der Waals surface area contributed by atoms with Gasteiger partial charge in [0.05, 0.1) is 12.2 Å². The average molecular weight is 322 g/mol. The van der Waals surface area contributed by atoms with Crippen LogP contribution in [0.3, 0.4) is 0 Å². The van der Waals surface area contributed by atoms with E-state index in [0.717, 1.165) is 0 Å². The van der Waals surface area contributed by atoms with Gasteiger partial charge >= 0.3 is 6.09 Å². The van der Waals surface area contributed by atoms with Gasteiger partial charge in [0, 0.05) is 19.1 Å². The lowest BCUT2D eigenvalue weighted by Crippen LogP contribution is -2.47. The number of nitrogens with one attached hydrogen (secondary N) is 1. The zero-order valence-corrected chi connectivity index (χ0v) is 13.5. The highest BCUT2D eigenvalue weighted by molar-refractivity contribution is 5.94. The second-order valence-electron chi connectivity index (χ2n) is 6.18. The van der Waals surface area contributed by atoms with E-state index in [2.05, 4.69) is 5.32 Å². The molecule has 0 aromatic heterocycles. The van der Waals surface area contributed by atoms with Gasteiger partial charge in [0.1, 0.15) is 5.82 Å². The van der Waals surface area contributed by atoms with Gasteiger partial charge in [-0.1, -0.05) is 26.0 Å². The van der Waals surface area contributed by atoms with E-state index in [4.69, 9.17) is 4.74 Å². The molecule has 0 aliphatic carbocycles. The van der Waals surface area contributed by atoms with Gasteiger partial charge in [-0.3, -0.25) is 4.79 Å². The van der Waals surface area contributed by atoms with Crippen LogP contribution in [0.2, 0.25) is 0 Å².